The van der Waals surface area contributed by atoms with Gasteiger partial charge >= 0.3 is 0 Å². The maximum Gasteiger partial charge on any atom is 0.274 e. The summed E-state index contributed by atoms with van der Waals surface area (Å²) < 4.78 is 0. The van der Waals surface area contributed by atoms with E-state index in [1.54, 1.807) is 30.3 Å². The van der Waals surface area contributed by atoms with Crippen molar-refractivity contribution in [3.05, 3.63) is 71.0 Å². The summed E-state index contributed by atoms with van der Waals surface area (Å²) in [5.41, 5.74) is 0.353. The lowest BCUT2D eigenvalue weighted by atomic mass is 10.1. The van der Waals surface area contributed by atoms with Crippen molar-refractivity contribution in [2.45, 2.75) is 12.3 Å². The van der Waals surface area contributed by atoms with Crippen LogP contribution in [0.2, 0.25) is 0 Å². The van der Waals surface area contributed by atoms with Crippen LogP contribution in [-0.2, 0) is 4.79 Å². The van der Waals surface area contributed by atoms with Gasteiger partial charge in [0.05, 0.1) is 12.6 Å². The topological polar surface area (TPSA) is 105 Å². The number of thiol groups is 1. The molecule has 0 radical (unpaired) electrons. The van der Waals surface area contributed by atoms with Gasteiger partial charge in [0, 0.05) is 12.0 Å². The van der Waals surface area contributed by atoms with Crippen LogP contribution < -0.4 is 5.32 Å². The third-order valence-corrected chi connectivity index (χ3v) is 4.16. The number of aliphatic imine (C=N–C) groups is 1. The summed E-state index contributed by atoms with van der Waals surface area (Å²) in [6.07, 6.45) is 1.58. The summed E-state index contributed by atoms with van der Waals surface area (Å²) in [5.74, 6) is -1.11. The Hall–Kier alpha value is -2.55. The summed E-state index contributed by atoms with van der Waals surface area (Å²) in [7, 11) is 1.50. The van der Waals surface area contributed by atoms with E-state index in [1.807, 2.05) is 6.07 Å². The number of carbonyl (C=O) groups excluding carboxylic acids is 1. The van der Waals surface area contributed by atoms with Crippen molar-refractivity contribution in [1.29, 1.82) is 0 Å². The molecule has 0 saturated heterocycles. The van der Waals surface area contributed by atoms with Crippen LogP contribution in [0.25, 0.3) is 0 Å². The Bertz CT molecular complexity index is 774. The fourth-order valence-electron chi connectivity index (χ4n) is 2.40. The molecule has 2 unspecified atom stereocenters. The molecule has 1 aromatic rings. The van der Waals surface area contributed by atoms with Crippen molar-refractivity contribution >= 4 is 24.4 Å². The molecule has 0 saturated carbocycles. The SMILES string of the molecule is C=C/C=C(\S)C1=NC(C(=O)NC(CO)c2ccccc2)=C(O)C(O)N1C. The van der Waals surface area contributed by atoms with Crippen molar-refractivity contribution in [2.75, 3.05) is 13.7 Å². The molecule has 1 amide bonds. The van der Waals surface area contributed by atoms with E-state index in [0.29, 0.717) is 10.5 Å². The number of aliphatic hydroxyl groups is 3. The predicted octanol–water partition coefficient (Wildman–Crippen LogP) is 1.27. The molecular weight excluding hydrogens is 354 g/mol. The van der Waals surface area contributed by atoms with Gasteiger partial charge in [-0.15, -0.1) is 12.6 Å². The maximum atomic E-state index is 12.6. The van der Waals surface area contributed by atoms with Crippen LogP contribution in [0.15, 0.2) is 70.4 Å². The minimum absolute atomic E-state index is 0.198. The van der Waals surface area contributed by atoms with Crippen molar-refractivity contribution in [1.82, 2.24) is 10.2 Å². The zero-order valence-corrected chi connectivity index (χ0v) is 15.1. The molecule has 8 heteroatoms. The van der Waals surface area contributed by atoms with E-state index < -0.39 is 23.9 Å². The van der Waals surface area contributed by atoms with Gasteiger partial charge in [-0.2, -0.15) is 0 Å². The fraction of sp³-hybridized carbons (Fsp3) is 0.222. The summed E-state index contributed by atoms with van der Waals surface area (Å²) in [6, 6.07) is 8.21. The van der Waals surface area contributed by atoms with Crippen LogP contribution in [0.5, 0.6) is 0 Å². The van der Waals surface area contributed by atoms with Crippen molar-refractivity contribution < 1.29 is 20.1 Å². The number of rotatable bonds is 6. The van der Waals surface area contributed by atoms with Gasteiger partial charge in [-0.3, -0.25) is 4.79 Å². The number of amidine groups is 1. The first kappa shape index (κ1) is 19.8. The monoisotopic (exact) mass is 375 g/mol. The molecule has 138 valence electrons. The highest BCUT2D eigenvalue weighted by Gasteiger charge is 2.32. The zero-order chi connectivity index (χ0) is 19.3. The molecular formula is C18H21N3O4S. The van der Waals surface area contributed by atoms with Gasteiger partial charge in [0.15, 0.2) is 17.7 Å². The van der Waals surface area contributed by atoms with Gasteiger partial charge in [0.2, 0.25) is 0 Å². The molecule has 1 aliphatic rings. The summed E-state index contributed by atoms with van der Waals surface area (Å²) in [4.78, 5) is 18.3. The number of benzene rings is 1. The quantitative estimate of drug-likeness (QED) is 0.380. The molecule has 0 aliphatic carbocycles. The second-order valence-electron chi connectivity index (χ2n) is 5.56. The van der Waals surface area contributed by atoms with Crippen molar-refractivity contribution in [3.63, 3.8) is 0 Å². The largest absolute Gasteiger partial charge is 0.506 e. The minimum Gasteiger partial charge on any atom is -0.506 e. The number of hydrogen-bond donors (Lipinski definition) is 5. The number of aliphatic hydroxyl groups excluding tert-OH is 3. The van der Waals surface area contributed by atoms with E-state index in [9.17, 15) is 20.1 Å². The van der Waals surface area contributed by atoms with Crippen LogP contribution in [0.3, 0.4) is 0 Å². The van der Waals surface area contributed by atoms with Crippen LogP contribution in [-0.4, -0.2) is 51.8 Å². The molecule has 0 spiro atoms. The van der Waals surface area contributed by atoms with Gasteiger partial charge in [0.1, 0.15) is 5.84 Å². The van der Waals surface area contributed by atoms with E-state index in [2.05, 4.69) is 29.5 Å². The highest BCUT2D eigenvalue weighted by molar-refractivity contribution is 7.85. The standard InChI is InChI=1S/C18H21N3O4S/c1-3-7-13(26)16-20-14(15(23)18(25)21(16)2)17(24)19-12(10-22)11-8-5-4-6-9-11/h3-9,12,18,22-23,25-26H,1,10H2,2H3,(H,19,24)/b13-7-. The van der Waals surface area contributed by atoms with Crippen LogP contribution in [0.4, 0.5) is 0 Å². The number of likely N-dealkylation sites (N-methyl/N-ethyl adjacent to an activating group) is 1. The lowest BCUT2D eigenvalue weighted by Crippen LogP contribution is -2.44. The van der Waals surface area contributed by atoms with Gasteiger partial charge in [0.25, 0.3) is 5.91 Å². The number of hydrogen-bond acceptors (Lipinski definition) is 7. The van der Waals surface area contributed by atoms with E-state index in [1.165, 1.54) is 18.0 Å². The van der Waals surface area contributed by atoms with Gasteiger partial charge in [-0.1, -0.05) is 43.0 Å². The van der Waals surface area contributed by atoms with Crippen LogP contribution in [0.1, 0.15) is 11.6 Å². The van der Waals surface area contributed by atoms with Gasteiger partial charge in [-0.05, 0) is 11.6 Å². The Morgan fingerprint density at radius 1 is 1.46 bits per heavy atom. The fourth-order valence-corrected chi connectivity index (χ4v) is 2.71. The number of amides is 1. The zero-order valence-electron chi connectivity index (χ0n) is 14.2. The average Bonchev–Trinajstić information content (AvgIpc) is 2.65. The third kappa shape index (κ3) is 4.16. The van der Waals surface area contributed by atoms with E-state index in [0.717, 1.165) is 0 Å². The molecule has 0 aromatic heterocycles. The van der Waals surface area contributed by atoms with E-state index in [-0.39, 0.29) is 18.1 Å². The summed E-state index contributed by atoms with van der Waals surface area (Å²) in [5, 5.41) is 32.5. The lowest BCUT2D eigenvalue weighted by molar-refractivity contribution is -0.119. The molecule has 1 aromatic carbocycles. The summed E-state index contributed by atoms with van der Waals surface area (Å²) >= 11 is 4.27. The molecule has 0 bridgehead atoms. The molecule has 1 heterocycles. The predicted molar refractivity (Wildman–Crippen MR) is 103 cm³/mol. The second kappa shape index (κ2) is 8.70. The van der Waals surface area contributed by atoms with Crippen LogP contribution >= 0.6 is 12.6 Å². The van der Waals surface area contributed by atoms with E-state index >= 15 is 0 Å². The molecule has 2 atom stereocenters. The number of nitrogens with zero attached hydrogens (tertiary/aromatic N) is 2. The van der Waals surface area contributed by atoms with Crippen molar-refractivity contribution in [3.8, 4) is 0 Å². The lowest BCUT2D eigenvalue weighted by Gasteiger charge is -2.31. The number of allylic oxidation sites excluding steroid dienone is 2. The molecule has 7 nitrogen and oxygen atoms in total. The first-order valence-electron chi connectivity index (χ1n) is 7.82. The maximum absolute atomic E-state index is 12.6. The Labute approximate surface area is 157 Å². The van der Waals surface area contributed by atoms with Crippen molar-refractivity contribution in [2.24, 2.45) is 4.99 Å². The molecule has 26 heavy (non-hydrogen) atoms. The minimum atomic E-state index is -1.45. The molecule has 4 N–H and O–H groups in total. The smallest absolute Gasteiger partial charge is 0.274 e. The Balaban J connectivity index is 2.33. The third-order valence-electron chi connectivity index (χ3n) is 3.82. The highest BCUT2D eigenvalue weighted by Crippen LogP contribution is 2.23. The first-order valence-corrected chi connectivity index (χ1v) is 8.26. The number of nitrogens with one attached hydrogen (secondary N) is 1. The van der Waals surface area contributed by atoms with E-state index in [4.69, 9.17) is 0 Å². The highest BCUT2D eigenvalue weighted by atomic mass is 32.1. The molecule has 2 rings (SSSR count). The number of carbonyl (C=O) groups is 1. The molecule has 0 fully saturated rings. The first-order chi connectivity index (χ1) is 12.4. The van der Waals surface area contributed by atoms with Crippen LogP contribution in [0, 0.1) is 0 Å². The Kier molecular flexibility index (Phi) is 6.62. The normalized spacial score (nSPS) is 19.1. The Morgan fingerprint density at radius 2 is 2.12 bits per heavy atom. The second-order valence-corrected chi connectivity index (χ2v) is 6.04. The van der Waals surface area contributed by atoms with Gasteiger partial charge in [-0.25, -0.2) is 4.99 Å². The molecule has 1 aliphatic heterocycles. The van der Waals surface area contributed by atoms with Gasteiger partial charge < -0.3 is 25.5 Å². The average molecular weight is 375 g/mol. The summed E-state index contributed by atoms with van der Waals surface area (Å²) in [6.45, 7) is 3.23. The Morgan fingerprint density at radius 3 is 2.69 bits per heavy atom.